The number of carbonyl (C=O) groups excluding carboxylic acids is 1. The van der Waals surface area contributed by atoms with E-state index in [0.29, 0.717) is 0 Å². The Labute approximate surface area is 122 Å². The van der Waals surface area contributed by atoms with Crippen LogP contribution in [0.3, 0.4) is 0 Å². The molecule has 0 spiro atoms. The van der Waals surface area contributed by atoms with Crippen molar-refractivity contribution in [1.82, 2.24) is 0 Å². The van der Waals surface area contributed by atoms with Crippen molar-refractivity contribution in [1.29, 1.82) is 0 Å². The summed E-state index contributed by atoms with van der Waals surface area (Å²) in [7, 11) is 0. The van der Waals surface area contributed by atoms with Gasteiger partial charge in [0.15, 0.2) is 0 Å². The molecular formula is C17H26N2O. The fourth-order valence-electron chi connectivity index (χ4n) is 2.61. The van der Waals surface area contributed by atoms with E-state index in [1.165, 1.54) is 31.4 Å². The van der Waals surface area contributed by atoms with Crippen molar-refractivity contribution >= 4 is 17.3 Å². The van der Waals surface area contributed by atoms with Gasteiger partial charge in [0.25, 0.3) is 0 Å². The number of anilines is 2. The first-order valence-corrected chi connectivity index (χ1v) is 7.87. The van der Waals surface area contributed by atoms with Gasteiger partial charge in [-0.05, 0) is 31.4 Å². The van der Waals surface area contributed by atoms with E-state index >= 15 is 0 Å². The smallest absolute Gasteiger partial charge is 0.227 e. The van der Waals surface area contributed by atoms with Crippen LogP contribution in [0.5, 0.6) is 0 Å². The number of carbonyl (C=O) groups is 1. The summed E-state index contributed by atoms with van der Waals surface area (Å²) in [5.74, 6) is 0.182. The van der Waals surface area contributed by atoms with Crippen LogP contribution in [0.1, 0.15) is 46.0 Å². The molecule has 1 aliphatic heterocycles. The van der Waals surface area contributed by atoms with Gasteiger partial charge in [0.1, 0.15) is 0 Å². The van der Waals surface area contributed by atoms with Crippen LogP contribution in [0.4, 0.5) is 11.4 Å². The summed E-state index contributed by atoms with van der Waals surface area (Å²) in [4.78, 5) is 14.5. The molecule has 0 radical (unpaired) electrons. The summed E-state index contributed by atoms with van der Waals surface area (Å²) >= 11 is 0. The van der Waals surface area contributed by atoms with Gasteiger partial charge in [-0.3, -0.25) is 4.79 Å². The average Bonchev–Trinajstić information content (AvgIpc) is 2.76. The van der Waals surface area contributed by atoms with Gasteiger partial charge in [-0.25, -0.2) is 0 Å². The topological polar surface area (TPSA) is 32.3 Å². The Morgan fingerprint density at radius 2 is 1.85 bits per heavy atom. The van der Waals surface area contributed by atoms with E-state index in [4.69, 9.17) is 0 Å². The fraction of sp³-hybridized carbons (Fsp3) is 0.588. The third-order valence-corrected chi connectivity index (χ3v) is 4.17. The number of hydrogen-bond acceptors (Lipinski definition) is 2. The Morgan fingerprint density at radius 3 is 2.50 bits per heavy atom. The summed E-state index contributed by atoms with van der Waals surface area (Å²) in [5, 5.41) is 3.10. The second kappa shape index (κ2) is 7.32. The van der Waals surface area contributed by atoms with Gasteiger partial charge in [-0.2, -0.15) is 0 Å². The average molecular weight is 274 g/mol. The SMILES string of the molecule is CCC(C)C(=O)Nc1ccccc1N1CCCCCC1. The van der Waals surface area contributed by atoms with Crippen LogP contribution in [0, 0.1) is 5.92 Å². The number of benzene rings is 1. The summed E-state index contributed by atoms with van der Waals surface area (Å²) < 4.78 is 0. The Balaban J connectivity index is 2.14. The van der Waals surface area contributed by atoms with Crippen LogP contribution >= 0.6 is 0 Å². The van der Waals surface area contributed by atoms with Gasteiger partial charge in [0.2, 0.25) is 5.91 Å². The van der Waals surface area contributed by atoms with E-state index < -0.39 is 0 Å². The zero-order valence-corrected chi connectivity index (χ0v) is 12.7. The van der Waals surface area contributed by atoms with Crippen LogP contribution in [0.15, 0.2) is 24.3 Å². The molecule has 1 N–H and O–H groups in total. The highest BCUT2D eigenvalue weighted by atomic mass is 16.1. The number of para-hydroxylation sites is 2. The van der Waals surface area contributed by atoms with Crippen LogP contribution < -0.4 is 10.2 Å². The lowest BCUT2D eigenvalue weighted by molar-refractivity contribution is -0.119. The quantitative estimate of drug-likeness (QED) is 0.898. The summed E-state index contributed by atoms with van der Waals surface area (Å²) in [6.07, 6.45) is 5.99. The first kappa shape index (κ1) is 14.9. The largest absolute Gasteiger partial charge is 0.370 e. The van der Waals surface area contributed by atoms with E-state index in [-0.39, 0.29) is 11.8 Å². The summed E-state index contributed by atoms with van der Waals surface area (Å²) in [6.45, 7) is 6.21. The predicted octanol–water partition coefficient (Wildman–Crippen LogP) is 4.05. The van der Waals surface area contributed by atoms with Crippen LogP contribution in [-0.2, 0) is 4.79 Å². The third-order valence-electron chi connectivity index (χ3n) is 4.17. The molecule has 0 saturated carbocycles. The number of nitrogens with zero attached hydrogens (tertiary/aromatic N) is 1. The highest BCUT2D eigenvalue weighted by Gasteiger charge is 2.16. The molecule has 1 amide bonds. The van der Waals surface area contributed by atoms with Crippen molar-refractivity contribution in [2.24, 2.45) is 5.92 Å². The van der Waals surface area contributed by atoms with Crippen molar-refractivity contribution in [2.75, 3.05) is 23.3 Å². The molecule has 0 aromatic heterocycles. The maximum absolute atomic E-state index is 12.1. The minimum atomic E-state index is 0.0622. The predicted molar refractivity (Wildman–Crippen MR) is 85.2 cm³/mol. The van der Waals surface area contributed by atoms with Gasteiger partial charge in [-0.15, -0.1) is 0 Å². The van der Waals surface area contributed by atoms with Crippen molar-refractivity contribution in [3.05, 3.63) is 24.3 Å². The summed E-state index contributed by atoms with van der Waals surface area (Å²) in [6, 6.07) is 8.19. The molecule has 1 heterocycles. The van der Waals surface area contributed by atoms with E-state index in [2.05, 4.69) is 22.3 Å². The van der Waals surface area contributed by atoms with E-state index in [1.54, 1.807) is 0 Å². The molecule has 1 saturated heterocycles. The first-order chi connectivity index (χ1) is 9.72. The van der Waals surface area contributed by atoms with Crippen LogP contribution in [-0.4, -0.2) is 19.0 Å². The fourth-order valence-corrected chi connectivity index (χ4v) is 2.61. The number of nitrogens with one attached hydrogen (secondary N) is 1. The molecule has 1 aliphatic rings. The van der Waals surface area contributed by atoms with Gasteiger partial charge in [0.05, 0.1) is 11.4 Å². The van der Waals surface area contributed by atoms with Gasteiger partial charge in [-0.1, -0.05) is 38.8 Å². The van der Waals surface area contributed by atoms with Crippen molar-refractivity contribution < 1.29 is 4.79 Å². The highest BCUT2D eigenvalue weighted by Crippen LogP contribution is 2.28. The van der Waals surface area contributed by atoms with Gasteiger partial charge < -0.3 is 10.2 Å². The molecule has 2 rings (SSSR count). The minimum absolute atomic E-state index is 0.0622. The van der Waals surface area contributed by atoms with E-state index in [1.807, 2.05) is 26.0 Å². The lowest BCUT2D eigenvalue weighted by Crippen LogP contribution is -2.26. The molecule has 3 nitrogen and oxygen atoms in total. The van der Waals surface area contributed by atoms with E-state index in [0.717, 1.165) is 25.2 Å². The molecule has 110 valence electrons. The Bertz CT molecular complexity index is 436. The van der Waals surface area contributed by atoms with Gasteiger partial charge >= 0.3 is 0 Å². The Morgan fingerprint density at radius 1 is 1.20 bits per heavy atom. The van der Waals surface area contributed by atoms with Crippen molar-refractivity contribution in [3.63, 3.8) is 0 Å². The normalized spacial score (nSPS) is 17.4. The molecule has 1 fully saturated rings. The molecule has 0 aliphatic carbocycles. The second-order valence-electron chi connectivity index (χ2n) is 5.72. The van der Waals surface area contributed by atoms with E-state index in [9.17, 15) is 4.79 Å². The number of amides is 1. The number of rotatable bonds is 4. The van der Waals surface area contributed by atoms with Crippen LogP contribution in [0.2, 0.25) is 0 Å². The molecule has 1 aromatic rings. The standard InChI is InChI=1S/C17H26N2O/c1-3-14(2)17(20)18-15-10-6-7-11-16(15)19-12-8-4-5-9-13-19/h6-7,10-11,14H,3-5,8-9,12-13H2,1-2H3,(H,18,20). The maximum atomic E-state index is 12.1. The minimum Gasteiger partial charge on any atom is -0.370 e. The van der Waals surface area contributed by atoms with Crippen molar-refractivity contribution in [2.45, 2.75) is 46.0 Å². The molecule has 1 aromatic carbocycles. The zero-order chi connectivity index (χ0) is 14.4. The maximum Gasteiger partial charge on any atom is 0.227 e. The van der Waals surface area contributed by atoms with Crippen LogP contribution in [0.25, 0.3) is 0 Å². The molecule has 1 unspecified atom stereocenters. The molecule has 20 heavy (non-hydrogen) atoms. The lowest BCUT2D eigenvalue weighted by atomic mass is 10.1. The Kier molecular flexibility index (Phi) is 5.45. The monoisotopic (exact) mass is 274 g/mol. The van der Waals surface area contributed by atoms with Crippen molar-refractivity contribution in [3.8, 4) is 0 Å². The van der Waals surface area contributed by atoms with Gasteiger partial charge in [0, 0.05) is 19.0 Å². The Hall–Kier alpha value is -1.51. The molecule has 3 heteroatoms. The second-order valence-corrected chi connectivity index (χ2v) is 5.72. The molecule has 1 atom stereocenters. The third kappa shape index (κ3) is 3.75. The lowest BCUT2D eigenvalue weighted by Gasteiger charge is -2.26. The first-order valence-electron chi connectivity index (χ1n) is 7.87. The summed E-state index contributed by atoms with van der Waals surface area (Å²) in [5.41, 5.74) is 2.13. The number of hydrogen-bond donors (Lipinski definition) is 1. The zero-order valence-electron chi connectivity index (χ0n) is 12.7. The highest BCUT2D eigenvalue weighted by molar-refractivity contribution is 5.95. The molecular weight excluding hydrogens is 248 g/mol. The molecule has 0 bridgehead atoms.